The number of methoxy groups -OCH3 is 1. The number of nitrogens with zero attached hydrogens (tertiary/aromatic N) is 1. The molecule has 1 aromatic heterocycles. The second-order valence-electron chi connectivity index (χ2n) is 9.27. The number of carbonyl (C=O) groups is 1. The number of amides is 1. The van der Waals surface area contributed by atoms with E-state index >= 15 is 0 Å². The second kappa shape index (κ2) is 12.3. The molecular formula is C29H36N2O5. The van der Waals surface area contributed by atoms with Gasteiger partial charge in [-0.25, -0.2) is 0 Å². The molecule has 0 unspecified atom stereocenters. The van der Waals surface area contributed by atoms with Gasteiger partial charge < -0.3 is 24.1 Å². The fourth-order valence-electron chi connectivity index (χ4n) is 4.01. The van der Waals surface area contributed by atoms with Gasteiger partial charge in [0, 0.05) is 18.0 Å². The Bertz CT molecular complexity index is 1200. The van der Waals surface area contributed by atoms with Crippen LogP contribution >= 0.6 is 0 Å². The van der Waals surface area contributed by atoms with Crippen molar-refractivity contribution in [3.05, 3.63) is 81.8 Å². The van der Waals surface area contributed by atoms with Crippen LogP contribution in [0, 0.1) is 6.92 Å². The van der Waals surface area contributed by atoms with Crippen LogP contribution in [0.1, 0.15) is 56.4 Å². The van der Waals surface area contributed by atoms with Crippen molar-refractivity contribution < 1.29 is 19.0 Å². The third kappa shape index (κ3) is 6.68. The van der Waals surface area contributed by atoms with E-state index in [9.17, 15) is 9.59 Å². The SMILES string of the molecule is COc1ccc(OCCn2ccc(=O)c(OCC(=O)Nc3c(C(C)C)cccc3C(C)C)c2C)cc1. The number of para-hydroxylation sites is 1. The van der Waals surface area contributed by atoms with E-state index < -0.39 is 0 Å². The van der Waals surface area contributed by atoms with E-state index in [0.717, 1.165) is 28.3 Å². The molecule has 0 radical (unpaired) electrons. The molecule has 0 aliphatic heterocycles. The molecule has 36 heavy (non-hydrogen) atoms. The van der Waals surface area contributed by atoms with Crippen LogP contribution in [0.15, 0.2) is 59.5 Å². The Morgan fingerprint density at radius 2 is 1.53 bits per heavy atom. The minimum atomic E-state index is -0.304. The van der Waals surface area contributed by atoms with E-state index in [2.05, 4.69) is 33.0 Å². The highest BCUT2D eigenvalue weighted by Gasteiger charge is 2.17. The Balaban J connectivity index is 1.66. The van der Waals surface area contributed by atoms with E-state index in [1.54, 1.807) is 20.2 Å². The molecule has 0 aliphatic carbocycles. The predicted octanol–water partition coefficient (Wildman–Crippen LogP) is 5.51. The van der Waals surface area contributed by atoms with Crippen LogP contribution in [0.4, 0.5) is 5.69 Å². The standard InChI is InChI=1S/C29H36N2O5/c1-19(2)24-8-7-9-25(20(3)4)28(24)30-27(33)18-36-29-21(5)31(15-14-26(29)32)16-17-35-23-12-10-22(34-6)11-13-23/h7-15,19-20H,16-18H2,1-6H3,(H,30,33). The van der Waals surface area contributed by atoms with Crippen LogP contribution in [0.25, 0.3) is 0 Å². The highest BCUT2D eigenvalue weighted by molar-refractivity contribution is 5.93. The Morgan fingerprint density at radius 3 is 2.11 bits per heavy atom. The zero-order chi connectivity index (χ0) is 26.2. The van der Waals surface area contributed by atoms with Crippen molar-refractivity contribution in [2.24, 2.45) is 0 Å². The molecule has 0 atom stereocenters. The fourth-order valence-corrected chi connectivity index (χ4v) is 4.01. The molecule has 7 heteroatoms. The first-order valence-electron chi connectivity index (χ1n) is 12.2. The Labute approximate surface area is 213 Å². The quantitative estimate of drug-likeness (QED) is 0.382. The minimum Gasteiger partial charge on any atom is -0.497 e. The summed E-state index contributed by atoms with van der Waals surface area (Å²) < 4.78 is 18.6. The summed E-state index contributed by atoms with van der Waals surface area (Å²) in [5.74, 6) is 1.86. The number of hydrogen-bond donors (Lipinski definition) is 1. The molecule has 3 rings (SSSR count). The van der Waals surface area contributed by atoms with Gasteiger partial charge in [-0.15, -0.1) is 0 Å². The van der Waals surface area contributed by atoms with Crippen molar-refractivity contribution in [2.45, 2.75) is 53.0 Å². The number of nitrogens with one attached hydrogen (secondary N) is 1. The summed E-state index contributed by atoms with van der Waals surface area (Å²) in [6, 6.07) is 14.9. The lowest BCUT2D eigenvalue weighted by Crippen LogP contribution is -2.25. The van der Waals surface area contributed by atoms with Crippen molar-refractivity contribution in [1.29, 1.82) is 0 Å². The van der Waals surface area contributed by atoms with Crippen molar-refractivity contribution in [3.63, 3.8) is 0 Å². The molecule has 1 heterocycles. The normalized spacial score (nSPS) is 11.0. The molecule has 0 aliphatic rings. The average molecular weight is 493 g/mol. The molecule has 7 nitrogen and oxygen atoms in total. The molecule has 1 N–H and O–H groups in total. The van der Waals surface area contributed by atoms with Crippen LogP contribution in [0.3, 0.4) is 0 Å². The molecule has 0 spiro atoms. The summed E-state index contributed by atoms with van der Waals surface area (Å²) in [5, 5.41) is 3.02. The molecule has 0 saturated carbocycles. The first-order chi connectivity index (χ1) is 17.2. The number of ether oxygens (including phenoxy) is 3. The first kappa shape index (κ1) is 26.9. The molecule has 192 valence electrons. The lowest BCUT2D eigenvalue weighted by atomic mass is 9.92. The summed E-state index contributed by atoms with van der Waals surface area (Å²) in [7, 11) is 1.62. The van der Waals surface area contributed by atoms with E-state index in [-0.39, 0.29) is 35.5 Å². The molecule has 1 amide bonds. The summed E-state index contributed by atoms with van der Waals surface area (Å²) in [5.41, 5.74) is 3.35. The summed E-state index contributed by atoms with van der Waals surface area (Å²) in [6.45, 7) is 10.8. The highest BCUT2D eigenvalue weighted by atomic mass is 16.5. The van der Waals surface area contributed by atoms with E-state index in [1.807, 2.05) is 47.0 Å². The summed E-state index contributed by atoms with van der Waals surface area (Å²) in [6.07, 6.45) is 1.70. The Kier molecular flexibility index (Phi) is 9.17. The number of pyridine rings is 1. The monoisotopic (exact) mass is 492 g/mol. The highest BCUT2D eigenvalue weighted by Crippen LogP contribution is 2.32. The van der Waals surface area contributed by atoms with E-state index in [0.29, 0.717) is 18.8 Å². The maximum absolute atomic E-state index is 12.8. The third-order valence-electron chi connectivity index (χ3n) is 6.03. The number of hydrogen-bond acceptors (Lipinski definition) is 5. The predicted molar refractivity (Wildman–Crippen MR) is 143 cm³/mol. The van der Waals surface area contributed by atoms with Crippen LogP contribution in [0.2, 0.25) is 0 Å². The van der Waals surface area contributed by atoms with Gasteiger partial charge in [0.25, 0.3) is 5.91 Å². The summed E-state index contributed by atoms with van der Waals surface area (Å²) in [4.78, 5) is 25.3. The number of carbonyl (C=O) groups excluding carboxylic acids is 1. The third-order valence-corrected chi connectivity index (χ3v) is 6.03. The van der Waals surface area contributed by atoms with Crippen LogP contribution in [0.5, 0.6) is 17.2 Å². The topological polar surface area (TPSA) is 78.8 Å². The average Bonchev–Trinajstić information content (AvgIpc) is 2.85. The number of benzene rings is 2. The minimum absolute atomic E-state index is 0.165. The van der Waals surface area contributed by atoms with Crippen LogP contribution < -0.4 is 25.0 Å². The maximum Gasteiger partial charge on any atom is 0.262 e. The van der Waals surface area contributed by atoms with E-state index in [4.69, 9.17) is 14.2 Å². The summed E-state index contributed by atoms with van der Waals surface area (Å²) >= 11 is 0. The lowest BCUT2D eigenvalue weighted by molar-refractivity contribution is -0.118. The van der Waals surface area contributed by atoms with Gasteiger partial charge in [-0.05, 0) is 54.2 Å². The zero-order valence-corrected chi connectivity index (χ0v) is 22.0. The lowest BCUT2D eigenvalue weighted by Gasteiger charge is -2.20. The molecule has 0 saturated heterocycles. The van der Waals surface area contributed by atoms with Gasteiger partial charge in [0.15, 0.2) is 12.4 Å². The van der Waals surface area contributed by atoms with Gasteiger partial charge in [0.05, 0.1) is 19.3 Å². The fraction of sp³-hybridized carbons (Fsp3) is 0.379. The van der Waals surface area contributed by atoms with Crippen LogP contribution in [-0.4, -0.2) is 30.8 Å². The molecule has 0 fully saturated rings. The van der Waals surface area contributed by atoms with Gasteiger partial charge in [-0.3, -0.25) is 9.59 Å². The van der Waals surface area contributed by atoms with Gasteiger partial charge in [-0.1, -0.05) is 45.9 Å². The Morgan fingerprint density at radius 1 is 0.917 bits per heavy atom. The molecular weight excluding hydrogens is 456 g/mol. The van der Waals surface area contributed by atoms with Crippen molar-refractivity contribution in [3.8, 4) is 17.2 Å². The number of anilines is 1. The smallest absolute Gasteiger partial charge is 0.262 e. The van der Waals surface area contributed by atoms with Gasteiger partial charge in [0.1, 0.15) is 18.1 Å². The maximum atomic E-state index is 12.8. The van der Waals surface area contributed by atoms with Gasteiger partial charge in [0.2, 0.25) is 5.43 Å². The van der Waals surface area contributed by atoms with Crippen LogP contribution in [-0.2, 0) is 11.3 Å². The number of aromatic nitrogens is 1. The van der Waals surface area contributed by atoms with Crippen molar-refractivity contribution >= 4 is 11.6 Å². The zero-order valence-electron chi connectivity index (χ0n) is 22.0. The molecule has 3 aromatic rings. The largest absolute Gasteiger partial charge is 0.497 e. The molecule has 2 aromatic carbocycles. The Hall–Kier alpha value is -3.74. The van der Waals surface area contributed by atoms with Crippen molar-refractivity contribution in [1.82, 2.24) is 4.57 Å². The van der Waals surface area contributed by atoms with Crippen molar-refractivity contribution in [2.75, 3.05) is 25.6 Å². The van der Waals surface area contributed by atoms with Gasteiger partial charge in [-0.2, -0.15) is 0 Å². The van der Waals surface area contributed by atoms with Gasteiger partial charge >= 0.3 is 0 Å². The van der Waals surface area contributed by atoms with E-state index in [1.165, 1.54) is 6.07 Å². The second-order valence-corrected chi connectivity index (χ2v) is 9.27. The first-order valence-corrected chi connectivity index (χ1v) is 12.2. The molecule has 0 bridgehead atoms. The number of rotatable bonds is 11.